The largest absolute Gasteiger partial charge is 0.465 e. The predicted molar refractivity (Wildman–Crippen MR) is 81.1 cm³/mol. The van der Waals surface area contributed by atoms with E-state index in [0.29, 0.717) is 29.5 Å². The number of carbonyl (C=O) groups is 1. The number of carbonyl (C=O) groups excluding carboxylic acids is 1. The lowest BCUT2D eigenvalue weighted by Gasteiger charge is -2.29. The lowest BCUT2D eigenvalue weighted by Crippen LogP contribution is -2.30. The zero-order valence-electron chi connectivity index (χ0n) is 11.5. The molecule has 1 aromatic carbocycles. The van der Waals surface area contributed by atoms with Gasteiger partial charge in [-0.15, -0.1) is 0 Å². The molecule has 0 saturated carbocycles. The summed E-state index contributed by atoms with van der Waals surface area (Å²) >= 11 is 12.3. The Morgan fingerprint density at radius 1 is 1.45 bits per heavy atom. The number of benzene rings is 1. The molecule has 1 aliphatic rings. The molecule has 0 saturated heterocycles. The number of halogens is 2. The van der Waals surface area contributed by atoms with Crippen molar-refractivity contribution in [1.82, 2.24) is 0 Å². The number of fused-ring (bicyclic) bond motifs is 1. The molecule has 20 heavy (non-hydrogen) atoms. The van der Waals surface area contributed by atoms with Crippen molar-refractivity contribution in [2.24, 2.45) is 11.7 Å². The molecule has 1 aromatic rings. The van der Waals surface area contributed by atoms with Crippen LogP contribution in [0.25, 0.3) is 0 Å². The first kappa shape index (κ1) is 15.6. The minimum Gasteiger partial charge on any atom is -0.465 e. The van der Waals surface area contributed by atoms with Gasteiger partial charge in [0.05, 0.1) is 22.6 Å². The number of hydrogen-bond donors (Lipinski definition) is 1. The van der Waals surface area contributed by atoms with Crippen LogP contribution in [0, 0.1) is 5.92 Å². The second-order valence-electron chi connectivity index (χ2n) is 5.19. The maximum absolute atomic E-state index is 12.1. The quantitative estimate of drug-likeness (QED) is 0.677. The molecule has 0 heterocycles. The normalized spacial score (nSPS) is 21.4. The van der Waals surface area contributed by atoms with Gasteiger partial charge >= 0.3 is 5.97 Å². The van der Waals surface area contributed by atoms with Crippen LogP contribution in [0.1, 0.15) is 43.4 Å². The lowest BCUT2D eigenvalue weighted by atomic mass is 9.81. The summed E-state index contributed by atoms with van der Waals surface area (Å²) < 4.78 is 5.28. The van der Waals surface area contributed by atoms with Gasteiger partial charge in [-0.05, 0) is 36.5 Å². The van der Waals surface area contributed by atoms with Gasteiger partial charge in [0.25, 0.3) is 0 Å². The molecule has 0 aliphatic heterocycles. The molecule has 0 fully saturated rings. The molecule has 0 unspecified atom stereocenters. The summed E-state index contributed by atoms with van der Waals surface area (Å²) in [5, 5.41) is 1.00. The van der Waals surface area contributed by atoms with Crippen LogP contribution in [0.2, 0.25) is 10.0 Å². The average molecular weight is 316 g/mol. The van der Waals surface area contributed by atoms with Gasteiger partial charge in [0.2, 0.25) is 0 Å². The summed E-state index contributed by atoms with van der Waals surface area (Å²) in [5.74, 6) is -0.416. The molecule has 2 rings (SSSR count). The van der Waals surface area contributed by atoms with Crippen molar-refractivity contribution in [3.8, 4) is 0 Å². The van der Waals surface area contributed by atoms with Crippen LogP contribution in [-0.2, 0) is 16.0 Å². The van der Waals surface area contributed by atoms with E-state index in [-0.39, 0.29) is 17.9 Å². The monoisotopic (exact) mass is 315 g/mol. The number of nitrogens with two attached hydrogens (primary N) is 1. The molecular weight excluding hydrogens is 297 g/mol. The average Bonchev–Trinajstić information content (AvgIpc) is 2.43. The second kappa shape index (κ2) is 6.79. The fourth-order valence-electron chi connectivity index (χ4n) is 2.54. The molecule has 2 atom stereocenters. The Bertz CT molecular complexity index is 505. The minimum atomic E-state index is -0.231. The SMILES string of the molecule is CCCCOC(=O)[C@H]1Cc2c(ccc(Cl)c2Cl)[C@H](N)C1. The van der Waals surface area contributed by atoms with E-state index in [9.17, 15) is 4.79 Å². The summed E-state index contributed by atoms with van der Waals surface area (Å²) in [7, 11) is 0. The first-order chi connectivity index (χ1) is 9.54. The highest BCUT2D eigenvalue weighted by molar-refractivity contribution is 6.42. The van der Waals surface area contributed by atoms with Gasteiger partial charge in [-0.3, -0.25) is 4.79 Å². The van der Waals surface area contributed by atoms with Crippen molar-refractivity contribution in [3.63, 3.8) is 0 Å². The van der Waals surface area contributed by atoms with Gasteiger partial charge in [0.15, 0.2) is 0 Å². The molecule has 0 bridgehead atoms. The maximum Gasteiger partial charge on any atom is 0.309 e. The summed E-state index contributed by atoms with van der Waals surface area (Å²) in [6.07, 6.45) is 3.03. The van der Waals surface area contributed by atoms with Crippen LogP contribution in [-0.4, -0.2) is 12.6 Å². The van der Waals surface area contributed by atoms with Crippen molar-refractivity contribution >= 4 is 29.2 Å². The van der Waals surface area contributed by atoms with E-state index in [0.717, 1.165) is 24.0 Å². The molecule has 110 valence electrons. The van der Waals surface area contributed by atoms with Gasteiger partial charge in [-0.25, -0.2) is 0 Å². The molecule has 0 amide bonds. The molecule has 1 aliphatic carbocycles. The Balaban J connectivity index is 2.14. The van der Waals surface area contributed by atoms with Crippen LogP contribution in [0.5, 0.6) is 0 Å². The van der Waals surface area contributed by atoms with Crippen LogP contribution in [0.4, 0.5) is 0 Å². The minimum absolute atomic E-state index is 0.185. The van der Waals surface area contributed by atoms with Gasteiger partial charge < -0.3 is 10.5 Å². The third kappa shape index (κ3) is 3.27. The number of unbranched alkanes of at least 4 members (excludes halogenated alkanes) is 1. The summed E-state index contributed by atoms with van der Waals surface area (Å²) in [4.78, 5) is 12.1. The van der Waals surface area contributed by atoms with E-state index in [1.54, 1.807) is 6.07 Å². The lowest BCUT2D eigenvalue weighted by molar-refractivity contribution is -0.149. The van der Waals surface area contributed by atoms with E-state index in [1.165, 1.54) is 0 Å². The maximum atomic E-state index is 12.1. The van der Waals surface area contributed by atoms with Crippen LogP contribution < -0.4 is 5.73 Å². The Morgan fingerprint density at radius 3 is 2.90 bits per heavy atom. The van der Waals surface area contributed by atoms with E-state index in [4.69, 9.17) is 33.7 Å². The van der Waals surface area contributed by atoms with E-state index >= 15 is 0 Å². The summed E-state index contributed by atoms with van der Waals surface area (Å²) in [5.41, 5.74) is 8.01. The first-order valence-electron chi connectivity index (χ1n) is 6.93. The van der Waals surface area contributed by atoms with Crippen molar-refractivity contribution in [2.45, 2.75) is 38.6 Å². The van der Waals surface area contributed by atoms with Crippen molar-refractivity contribution in [3.05, 3.63) is 33.3 Å². The Hall–Kier alpha value is -0.770. The first-order valence-corrected chi connectivity index (χ1v) is 7.69. The van der Waals surface area contributed by atoms with Crippen molar-refractivity contribution < 1.29 is 9.53 Å². The molecule has 0 aromatic heterocycles. The van der Waals surface area contributed by atoms with Crippen LogP contribution >= 0.6 is 23.2 Å². The van der Waals surface area contributed by atoms with E-state index < -0.39 is 0 Å². The fraction of sp³-hybridized carbons (Fsp3) is 0.533. The third-order valence-corrected chi connectivity index (χ3v) is 4.54. The van der Waals surface area contributed by atoms with Crippen LogP contribution in [0.15, 0.2) is 12.1 Å². The van der Waals surface area contributed by atoms with Gasteiger partial charge in [0, 0.05) is 6.04 Å². The molecule has 0 spiro atoms. The highest BCUT2D eigenvalue weighted by Crippen LogP contribution is 2.39. The second-order valence-corrected chi connectivity index (χ2v) is 5.98. The number of esters is 1. The van der Waals surface area contributed by atoms with Crippen LogP contribution in [0.3, 0.4) is 0 Å². The predicted octanol–water partition coefficient (Wildman–Crippen LogP) is 3.90. The number of ether oxygens (including phenoxy) is 1. The Kier molecular flexibility index (Phi) is 5.30. The molecule has 5 heteroatoms. The topological polar surface area (TPSA) is 52.3 Å². The smallest absolute Gasteiger partial charge is 0.309 e. The Labute approximate surface area is 129 Å². The van der Waals surface area contributed by atoms with Gasteiger partial charge in [0.1, 0.15) is 0 Å². The molecule has 2 N–H and O–H groups in total. The highest BCUT2D eigenvalue weighted by Gasteiger charge is 2.32. The zero-order valence-corrected chi connectivity index (χ0v) is 13.0. The Morgan fingerprint density at radius 2 is 2.20 bits per heavy atom. The standard InChI is InChI=1S/C15H19Cl2NO2/c1-2-3-6-20-15(19)9-7-11-10(13(18)8-9)4-5-12(16)14(11)17/h4-5,9,13H,2-3,6-8,18H2,1H3/t9-,13+/m0/s1. The van der Waals surface area contributed by atoms with E-state index in [1.807, 2.05) is 6.07 Å². The van der Waals surface area contributed by atoms with E-state index in [2.05, 4.69) is 6.92 Å². The molecule has 3 nitrogen and oxygen atoms in total. The number of hydrogen-bond acceptors (Lipinski definition) is 3. The van der Waals surface area contributed by atoms with Gasteiger partial charge in [-0.1, -0.05) is 42.6 Å². The highest BCUT2D eigenvalue weighted by atomic mass is 35.5. The third-order valence-electron chi connectivity index (χ3n) is 3.70. The van der Waals surface area contributed by atoms with Crippen molar-refractivity contribution in [1.29, 1.82) is 0 Å². The molecule has 0 radical (unpaired) electrons. The number of rotatable bonds is 4. The van der Waals surface area contributed by atoms with Crippen molar-refractivity contribution in [2.75, 3.05) is 6.61 Å². The summed E-state index contributed by atoms with van der Waals surface area (Å²) in [6.45, 7) is 2.53. The summed E-state index contributed by atoms with van der Waals surface area (Å²) in [6, 6.07) is 3.45. The fourth-order valence-corrected chi connectivity index (χ4v) is 2.97. The van der Waals surface area contributed by atoms with Gasteiger partial charge in [-0.2, -0.15) is 0 Å². The molecular formula is C15H19Cl2NO2. The zero-order chi connectivity index (χ0) is 14.7.